The zero-order valence-electron chi connectivity index (χ0n) is 9.03. The number of hydrogen-bond acceptors (Lipinski definition) is 3. The van der Waals surface area contributed by atoms with Crippen LogP contribution in [0.3, 0.4) is 0 Å². The van der Waals surface area contributed by atoms with Crippen LogP contribution >= 0.6 is 23.4 Å². The van der Waals surface area contributed by atoms with Crippen molar-refractivity contribution in [2.75, 3.05) is 12.4 Å². The number of halogens is 1. The maximum atomic E-state index is 11.8. The van der Waals surface area contributed by atoms with Crippen LogP contribution in [0.5, 0.6) is 0 Å². The van der Waals surface area contributed by atoms with Crippen molar-refractivity contribution in [3.8, 4) is 0 Å². The topological polar surface area (TPSA) is 26.3 Å². The largest absolute Gasteiger partial charge is 0.465 e. The number of fused-ring (bicyclic) bond motifs is 1. The summed E-state index contributed by atoms with van der Waals surface area (Å²) in [5.74, 6) is 0.798. The summed E-state index contributed by atoms with van der Waals surface area (Å²) in [5, 5.41) is 0.550. The van der Waals surface area contributed by atoms with Crippen LogP contribution in [0.4, 0.5) is 0 Å². The average molecular weight is 257 g/mol. The minimum atomic E-state index is -0.180. The zero-order chi connectivity index (χ0) is 11.5. The molecule has 1 atom stereocenters. The van der Waals surface area contributed by atoms with Crippen molar-refractivity contribution < 1.29 is 9.53 Å². The van der Waals surface area contributed by atoms with E-state index in [9.17, 15) is 4.79 Å². The van der Waals surface area contributed by atoms with Crippen molar-refractivity contribution in [1.82, 2.24) is 0 Å². The van der Waals surface area contributed by atoms with E-state index in [0.717, 1.165) is 22.8 Å². The number of ether oxygens (including phenoxy) is 1. The fourth-order valence-corrected chi connectivity index (χ4v) is 3.22. The lowest BCUT2D eigenvalue weighted by Gasteiger charge is -2.23. The minimum Gasteiger partial charge on any atom is -0.465 e. The third-order valence-electron chi connectivity index (χ3n) is 2.54. The molecule has 1 unspecified atom stereocenters. The number of rotatable bonds is 2. The molecule has 0 fully saturated rings. The molecule has 0 amide bonds. The number of benzene rings is 1. The predicted octanol–water partition coefficient (Wildman–Crippen LogP) is 3.23. The van der Waals surface area contributed by atoms with Gasteiger partial charge in [-0.2, -0.15) is 0 Å². The SMILES string of the molecule is CCOC(=O)C1SCCc2cc(Cl)ccc21. The van der Waals surface area contributed by atoms with Gasteiger partial charge in [0.15, 0.2) is 0 Å². The van der Waals surface area contributed by atoms with Crippen LogP contribution in [0.25, 0.3) is 0 Å². The number of thioether (sulfide) groups is 1. The zero-order valence-corrected chi connectivity index (χ0v) is 10.6. The Hall–Kier alpha value is -0.670. The molecule has 0 radical (unpaired) electrons. The summed E-state index contributed by atoms with van der Waals surface area (Å²) >= 11 is 7.58. The van der Waals surface area contributed by atoms with E-state index in [-0.39, 0.29) is 11.2 Å². The second-order valence-corrected chi connectivity index (χ2v) is 5.25. The highest BCUT2D eigenvalue weighted by Gasteiger charge is 2.28. The smallest absolute Gasteiger partial charge is 0.323 e. The maximum Gasteiger partial charge on any atom is 0.323 e. The highest BCUT2D eigenvalue weighted by atomic mass is 35.5. The fraction of sp³-hybridized carbons (Fsp3) is 0.417. The molecule has 0 N–H and O–H groups in total. The van der Waals surface area contributed by atoms with E-state index in [0.29, 0.717) is 6.61 Å². The summed E-state index contributed by atoms with van der Waals surface area (Å²) in [4.78, 5) is 11.8. The quantitative estimate of drug-likeness (QED) is 0.760. The number of carbonyl (C=O) groups excluding carboxylic acids is 1. The van der Waals surface area contributed by atoms with E-state index in [2.05, 4.69) is 0 Å². The molecule has 86 valence electrons. The highest BCUT2D eigenvalue weighted by molar-refractivity contribution is 8.00. The molecule has 1 aliphatic rings. The van der Waals surface area contributed by atoms with Crippen LogP contribution in [0, 0.1) is 0 Å². The molecule has 0 aliphatic carbocycles. The lowest BCUT2D eigenvalue weighted by molar-refractivity contribution is -0.142. The van der Waals surface area contributed by atoms with Gasteiger partial charge in [-0.15, -0.1) is 11.8 Å². The summed E-state index contributed by atoms with van der Waals surface area (Å²) in [6.45, 7) is 2.26. The molecule has 1 heterocycles. The Labute approximate surface area is 104 Å². The van der Waals surface area contributed by atoms with Crippen LogP contribution in [0.1, 0.15) is 23.3 Å². The number of hydrogen-bond donors (Lipinski definition) is 0. The molecule has 1 aromatic rings. The summed E-state index contributed by atoms with van der Waals surface area (Å²) < 4.78 is 5.08. The number of aryl methyl sites for hydroxylation is 1. The minimum absolute atomic E-state index is 0.143. The van der Waals surface area contributed by atoms with Crippen LogP contribution in [-0.2, 0) is 16.0 Å². The molecule has 4 heteroatoms. The Bertz CT molecular complexity index is 406. The third kappa shape index (κ3) is 2.36. The first-order valence-corrected chi connectivity index (χ1v) is 6.71. The Morgan fingerprint density at radius 3 is 3.19 bits per heavy atom. The van der Waals surface area contributed by atoms with Gasteiger partial charge in [-0.25, -0.2) is 0 Å². The van der Waals surface area contributed by atoms with Gasteiger partial charge in [-0.05, 0) is 42.4 Å². The van der Waals surface area contributed by atoms with Crippen molar-refractivity contribution in [3.63, 3.8) is 0 Å². The highest BCUT2D eigenvalue weighted by Crippen LogP contribution is 2.38. The number of carbonyl (C=O) groups is 1. The van der Waals surface area contributed by atoms with E-state index >= 15 is 0 Å². The molecule has 2 nitrogen and oxygen atoms in total. The van der Waals surface area contributed by atoms with Gasteiger partial charge in [0.1, 0.15) is 5.25 Å². The first kappa shape index (κ1) is 11.8. The first-order chi connectivity index (χ1) is 7.72. The van der Waals surface area contributed by atoms with Gasteiger partial charge >= 0.3 is 5.97 Å². The fourth-order valence-electron chi connectivity index (χ4n) is 1.84. The lowest BCUT2D eigenvalue weighted by Crippen LogP contribution is -2.18. The van der Waals surface area contributed by atoms with E-state index in [1.165, 1.54) is 5.56 Å². The third-order valence-corrected chi connectivity index (χ3v) is 4.00. The van der Waals surface area contributed by atoms with Crippen molar-refractivity contribution in [1.29, 1.82) is 0 Å². The lowest BCUT2D eigenvalue weighted by atomic mass is 10.0. The van der Waals surface area contributed by atoms with Crippen molar-refractivity contribution >= 4 is 29.3 Å². The van der Waals surface area contributed by atoms with Gasteiger partial charge in [0.2, 0.25) is 0 Å². The van der Waals surface area contributed by atoms with Crippen LogP contribution in [-0.4, -0.2) is 18.3 Å². The molecular weight excluding hydrogens is 244 g/mol. The summed E-state index contributed by atoms with van der Waals surface area (Å²) in [7, 11) is 0. The summed E-state index contributed by atoms with van der Waals surface area (Å²) in [6.07, 6.45) is 0.969. The molecule has 16 heavy (non-hydrogen) atoms. The van der Waals surface area contributed by atoms with Gasteiger partial charge < -0.3 is 4.74 Å². The summed E-state index contributed by atoms with van der Waals surface area (Å²) in [5.41, 5.74) is 2.23. The van der Waals surface area contributed by atoms with Crippen LogP contribution < -0.4 is 0 Å². The van der Waals surface area contributed by atoms with Gasteiger partial charge in [0, 0.05) is 5.02 Å². The second-order valence-electron chi connectivity index (χ2n) is 3.60. The van der Waals surface area contributed by atoms with Gasteiger partial charge in [0.05, 0.1) is 6.61 Å². The summed E-state index contributed by atoms with van der Waals surface area (Å²) in [6, 6.07) is 5.72. The van der Waals surface area contributed by atoms with Gasteiger partial charge in [-0.1, -0.05) is 17.7 Å². The standard InChI is InChI=1S/C12H13ClO2S/c1-2-15-12(14)11-10-4-3-9(13)7-8(10)5-6-16-11/h3-4,7,11H,2,5-6H2,1H3. The average Bonchev–Trinajstić information content (AvgIpc) is 2.28. The predicted molar refractivity (Wildman–Crippen MR) is 67.0 cm³/mol. The van der Waals surface area contributed by atoms with Crippen LogP contribution in [0.15, 0.2) is 18.2 Å². The van der Waals surface area contributed by atoms with Gasteiger partial charge in [0.25, 0.3) is 0 Å². The molecule has 1 aromatic carbocycles. The first-order valence-electron chi connectivity index (χ1n) is 5.29. The molecule has 0 saturated heterocycles. The molecule has 0 aromatic heterocycles. The Balaban J connectivity index is 2.29. The van der Waals surface area contributed by atoms with Gasteiger partial charge in [-0.3, -0.25) is 4.79 Å². The van der Waals surface area contributed by atoms with E-state index in [4.69, 9.17) is 16.3 Å². The molecule has 1 aliphatic heterocycles. The molecule has 2 rings (SSSR count). The molecule has 0 bridgehead atoms. The van der Waals surface area contributed by atoms with Crippen LogP contribution in [0.2, 0.25) is 5.02 Å². The Morgan fingerprint density at radius 1 is 1.62 bits per heavy atom. The van der Waals surface area contributed by atoms with E-state index < -0.39 is 0 Å². The van der Waals surface area contributed by atoms with Crippen molar-refractivity contribution in [2.45, 2.75) is 18.6 Å². The van der Waals surface area contributed by atoms with Crippen molar-refractivity contribution in [2.24, 2.45) is 0 Å². The molecule has 0 saturated carbocycles. The molecule has 0 spiro atoms. The maximum absolute atomic E-state index is 11.8. The van der Waals surface area contributed by atoms with E-state index in [1.54, 1.807) is 11.8 Å². The van der Waals surface area contributed by atoms with E-state index in [1.807, 2.05) is 25.1 Å². The monoisotopic (exact) mass is 256 g/mol. The van der Waals surface area contributed by atoms with Crippen molar-refractivity contribution in [3.05, 3.63) is 34.3 Å². The molecular formula is C12H13ClO2S. The Morgan fingerprint density at radius 2 is 2.44 bits per heavy atom. The second kappa shape index (κ2) is 5.11. The Kier molecular flexibility index (Phi) is 3.77. The number of esters is 1. The normalized spacial score (nSPS) is 19.0.